The lowest BCUT2D eigenvalue weighted by Gasteiger charge is -2.27. The molecule has 38 heavy (non-hydrogen) atoms. The third kappa shape index (κ3) is 5.47. The second-order valence-corrected chi connectivity index (χ2v) is 10.3. The van der Waals surface area contributed by atoms with Crippen LogP contribution in [0, 0.1) is 0 Å². The molecule has 0 spiro atoms. The van der Waals surface area contributed by atoms with Crippen molar-refractivity contribution in [3.05, 3.63) is 101 Å². The maximum atomic E-state index is 14.6. The Morgan fingerprint density at radius 3 is 2.47 bits per heavy atom. The van der Waals surface area contributed by atoms with Gasteiger partial charge in [0.1, 0.15) is 17.9 Å². The van der Waals surface area contributed by atoms with E-state index in [0.717, 1.165) is 27.7 Å². The quantitative estimate of drug-likeness (QED) is 0.329. The number of aromatic nitrogens is 2. The fraction of sp³-hybridized carbons (Fsp3) is 0.323. The van der Waals surface area contributed by atoms with Crippen molar-refractivity contribution in [2.75, 3.05) is 6.54 Å². The summed E-state index contributed by atoms with van der Waals surface area (Å²) >= 11 is 0. The van der Waals surface area contributed by atoms with E-state index in [2.05, 4.69) is 41.3 Å². The molecule has 4 aromatic rings. The zero-order valence-corrected chi connectivity index (χ0v) is 21.7. The molecule has 6 nitrogen and oxygen atoms in total. The van der Waals surface area contributed by atoms with Crippen LogP contribution >= 0.6 is 0 Å². The smallest absolute Gasteiger partial charge is 0.243 e. The van der Waals surface area contributed by atoms with E-state index < -0.39 is 18.3 Å². The van der Waals surface area contributed by atoms with Gasteiger partial charge in [-0.05, 0) is 46.7 Å². The molecule has 196 valence electrons. The zero-order chi connectivity index (χ0) is 26.6. The number of amides is 2. The molecule has 3 heterocycles. The number of H-pyrrole nitrogens is 1. The summed E-state index contributed by atoms with van der Waals surface area (Å²) in [6.45, 7) is 4.21. The molecule has 0 radical (unpaired) electrons. The molecule has 1 saturated heterocycles. The summed E-state index contributed by atoms with van der Waals surface area (Å²) in [5.41, 5.74) is 4.83. The van der Waals surface area contributed by atoms with E-state index >= 15 is 0 Å². The second-order valence-electron chi connectivity index (χ2n) is 10.3. The highest BCUT2D eigenvalue weighted by molar-refractivity contribution is 5.89. The Labute approximate surface area is 222 Å². The van der Waals surface area contributed by atoms with Gasteiger partial charge in [0.15, 0.2) is 0 Å². The van der Waals surface area contributed by atoms with Gasteiger partial charge < -0.3 is 15.2 Å². The van der Waals surface area contributed by atoms with Crippen molar-refractivity contribution in [3.8, 4) is 0 Å². The summed E-state index contributed by atoms with van der Waals surface area (Å²) < 4.78 is 14.6. The number of hydrogen-bond acceptors (Lipinski definition) is 3. The number of hydrogen-bond donors (Lipinski definition) is 2. The number of fused-ring (bicyclic) bond motifs is 1. The first-order chi connectivity index (χ1) is 18.4. The van der Waals surface area contributed by atoms with Gasteiger partial charge in [0, 0.05) is 30.6 Å². The molecular weight excluding hydrogens is 479 g/mol. The number of benzene rings is 2. The van der Waals surface area contributed by atoms with Crippen LogP contribution in [0.25, 0.3) is 11.0 Å². The maximum Gasteiger partial charge on any atom is 0.243 e. The summed E-state index contributed by atoms with van der Waals surface area (Å²) in [5.74, 6) is -0.161. The number of aromatic amines is 1. The Bertz CT molecular complexity index is 1400. The average molecular weight is 513 g/mol. The molecular formula is C31H33FN4O2. The fourth-order valence-corrected chi connectivity index (χ4v) is 5.23. The number of halogens is 1. The molecule has 1 fully saturated rings. The SMILES string of the molecule is CC(C)c1ccc(C(NC(=O)[C@@H]2C[C@@H](F)CN2C(=O)CCc2c[nH]c3ncccc23)c2ccccc2)cc1. The fourth-order valence-electron chi connectivity index (χ4n) is 5.23. The number of rotatable bonds is 8. The second kappa shape index (κ2) is 11.2. The maximum absolute atomic E-state index is 14.6. The molecule has 0 aliphatic carbocycles. The highest BCUT2D eigenvalue weighted by Gasteiger charge is 2.40. The van der Waals surface area contributed by atoms with E-state index in [1.54, 1.807) is 6.20 Å². The first kappa shape index (κ1) is 25.6. The van der Waals surface area contributed by atoms with E-state index in [4.69, 9.17) is 0 Å². The molecule has 1 aliphatic heterocycles. The molecule has 5 rings (SSSR count). The van der Waals surface area contributed by atoms with Crippen LogP contribution < -0.4 is 5.32 Å². The van der Waals surface area contributed by atoms with Gasteiger partial charge in [-0.3, -0.25) is 9.59 Å². The van der Waals surface area contributed by atoms with Gasteiger partial charge in [-0.25, -0.2) is 9.37 Å². The van der Waals surface area contributed by atoms with Crippen LogP contribution in [-0.2, 0) is 16.0 Å². The van der Waals surface area contributed by atoms with E-state index in [0.29, 0.717) is 12.3 Å². The monoisotopic (exact) mass is 512 g/mol. The summed E-state index contributed by atoms with van der Waals surface area (Å²) in [5, 5.41) is 4.09. The zero-order valence-electron chi connectivity index (χ0n) is 21.7. The molecule has 2 aromatic heterocycles. The lowest BCUT2D eigenvalue weighted by Crippen LogP contribution is -2.47. The third-order valence-electron chi connectivity index (χ3n) is 7.37. The van der Waals surface area contributed by atoms with Crippen molar-refractivity contribution >= 4 is 22.8 Å². The van der Waals surface area contributed by atoms with E-state index in [9.17, 15) is 14.0 Å². The van der Waals surface area contributed by atoms with Gasteiger partial charge in [0.25, 0.3) is 0 Å². The molecule has 7 heteroatoms. The van der Waals surface area contributed by atoms with Crippen LogP contribution in [0.15, 0.2) is 79.1 Å². The molecule has 1 unspecified atom stereocenters. The number of carbonyl (C=O) groups excluding carboxylic acids is 2. The lowest BCUT2D eigenvalue weighted by atomic mass is 9.95. The minimum Gasteiger partial charge on any atom is -0.346 e. The van der Waals surface area contributed by atoms with E-state index in [1.165, 1.54) is 10.5 Å². The molecule has 0 bridgehead atoms. The first-order valence-corrected chi connectivity index (χ1v) is 13.2. The van der Waals surface area contributed by atoms with Crippen LogP contribution in [0.1, 0.15) is 60.9 Å². The Morgan fingerprint density at radius 1 is 1.03 bits per heavy atom. The number of pyridine rings is 1. The molecule has 1 aliphatic rings. The van der Waals surface area contributed by atoms with Gasteiger partial charge in [-0.2, -0.15) is 0 Å². The molecule has 2 aromatic carbocycles. The predicted molar refractivity (Wildman–Crippen MR) is 146 cm³/mol. The Hall–Kier alpha value is -4.00. The summed E-state index contributed by atoms with van der Waals surface area (Å²) in [6.07, 6.45) is 3.02. The van der Waals surface area contributed by atoms with Crippen LogP contribution in [-0.4, -0.2) is 45.4 Å². The molecule has 2 N–H and O–H groups in total. The van der Waals surface area contributed by atoms with Crippen molar-refractivity contribution in [3.63, 3.8) is 0 Å². The predicted octanol–water partition coefficient (Wildman–Crippen LogP) is 5.46. The normalized spacial score (nSPS) is 18.2. The van der Waals surface area contributed by atoms with Crippen molar-refractivity contribution in [1.82, 2.24) is 20.2 Å². The topological polar surface area (TPSA) is 78.1 Å². The summed E-state index contributed by atoms with van der Waals surface area (Å²) in [4.78, 5) is 35.6. The number of nitrogens with one attached hydrogen (secondary N) is 2. The molecule has 0 saturated carbocycles. The Morgan fingerprint density at radius 2 is 1.74 bits per heavy atom. The van der Waals surface area contributed by atoms with Gasteiger partial charge in [-0.15, -0.1) is 0 Å². The Balaban J connectivity index is 1.32. The summed E-state index contributed by atoms with van der Waals surface area (Å²) in [7, 11) is 0. The number of alkyl halides is 1. The highest BCUT2D eigenvalue weighted by Crippen LogP contribution is 2.28. The minimum absolute atomic E-state index is 0.00236. The largest absolute Gasteiger partial charge is 0.346 e. The van der Waals surface area contributed by atoms with Crippen molar-refractivity contribution in [2.45, 2.75) is 57.3 Å². The minimum atomic E-state index is -1.23. The van der Waals surface area contributed by atoms with Gasteiger partial charge in [-0.1, -0.05) is 68.4 Å². The number of nitrogens with zero attached hydrogens (tertiary/aromatic N) is 2. The average Bonchev–Trinajstić information content (AvgIpc) is 3.54. The number of aryl methyl sites for hydroxylation is 1. The standard InChI is InChI=1S/C31H33FN4O2/c1-20(2)21-10-12-23(13-11-21)29(22-7-4-3-5-8-22)35-31(38)27-17-25(32)19-36(27)28(37)15-14-24-18-34-30-26(24)9-6-16-33-30/h3-13,16,18,20,25,27,29H,14-15,17,19H2,1-2H3,(H,33,34)(H,35,38)/t25-,27+,29?/m1/s1. The van der Waals surface area contributed by atoms with E-state index in [1.807, 2.05) is 60.8 Å². The highest BCUT2D eigenvalue weighted by atomic mass is 19.1. The van der Waals surface area contributed by atoms with Crippen LogP contribution in [0.2, 0.25) is 0 Å². The third-order valence-corrected chi connectivity index (χ3v) is 7.37. The lowest BCUT2D eigenvalue weighted by molar-refractivity contribution is -0.138. The van der Waals surface area contributed by atoms with E-state index in [-0.39, 0.29) is 31.2 Å². The number of likely N-dealkylation sites (tertiary alicyclic amines) is 1. The molecule has 3 atom stereocenters. The number of carbonyl (C=O) groups is 2. The van der Waals surface area contributed by atoms with Crippen molar-refractivity contribution in [1.29, 1.82) is 0 Å². The van der Waals surface area contributed by atoms with Gasteiger partial charge in [0.05, 0.1) is 12.6 Å². The van der Waals surface area contributed by atoms with Crippen molar-refractivity contribution < 1.29 is 14.0 Å². The van der Waals surface area contributed by atoms with Crippen molar-refractivity contribution in [2.24, 2.45) is 0 Å². The van der Waals surface area contributed by atoms with Crippen LogP contribution in [0.4, 0.5) is 4.39 Å². The summed E-state index contributed by atoms with van der Waals surface area (Å²) in [6, 6.07) is 20.5. The van der Waals surface area contributed by atoms with Crippen LogP contribution in [0.5, 0.6) is 0 Å². The van der Waals surface area contributed by atoms with Crippen LogP contribution in [0.3, 0.4) is 0 Å². The molecule has 2 amide bonds. The van der Waals surface area contributed by atoms with Gasteiger partial charge in [0.2, 0.25) is 11.8 Å². The first-order valence-electron chi connectivity index (χ1n) is 13.2. The Kier molecular flexibility index (Phi) is 7.54. The van der Waals surface area contributed by atoms with Gasteiger partial charge >= 0.3 is 0 Å².